The summed E-state index contributed by atoms with van der Waals surface area (Å²) in [6.07, 6.45) is 27.1. The Balaban J connectivity index is 0.000000117. The first-order valence-electron chi connectivity index (χ1n) is 41.9. The molecular formula is C86H110B4Br2F2N18O10. The molecule has 8 aliphatic rings. The van der Waals surface area contributed by atoms with Gasteiger partial charge >= 0.3 is 28.3 Å². The monoisotopic (exact) mass is 1790 g/mol. The fraction of sp³-hybridized carbons (Fsp3) is 0.523. The summed E-state index contributed by atoms with van der Waals surface area (Å²) in [4.78, 5) is 74.7. The molecule has 28 nitrogen and oxygen atoms in total. The van der Waals surface area contributed by atoms with Crippen molar-refractivity contribution in [2.75, 3.05) is 31.9 Å². The Bertz CT molecular complexity index is 5860. The van der Waals surface area contributed by atoms with Gasteiger partial charge in [0.15, 0.2) is 11.3 Å². The molecule has 0 atom stereocenters. The van der Waals surface area contributed by atoms with Crippen LogP contribution in [-0.2, 0) is 48.6 Å². The van der Waals surface area contributed by atoms with Crippen molar-refractivity contribution in [3.63, 3.8) is 0 Å². The van der Waals surface area contributed by atoms with Gasteiger partial charge in [0.1, 0.15) is 22.8 Å². The number of hydrogen-bond acceptors (Lipinski definition) is 22. The van der Waals surface area contributed by atoms with Gasteiger partial charge in [-0.1, -0.05) is 15.9 Å². The smallest absolute Gasteiger partial charge is 0.405 e. The molecule has 10 aromatic heterocycles. The second-order valence-corrected chi connectivity index (χ2v) is 39.5. The zero-order valence-electron chi connectivity index (χ0n) is 73.6. The van der Waals surface area contributed by atoms with Gasteiger partial charge in [-0.15, -0.1) is 0 Å². The number of rotatable bonds is 8. The van der Waals surface area contributed by atoms with E-state index >= 15 is 8.78 Å². The van der Waals surface area contributed by atoms with Gasteiger partial charge in [-0.2, -0.15) is 0 Å². The fourth-order valence-electron chi connectivity index (χ4n) is 15.6. The van der Waals surface area contributed by atoms with Crippen molar-refractivity contribution in [3.05, 3.63) is 174 Å². The van der Waals surface area contributed by atoms with Crippen LogP contribution < -0.4 is 27.8 Å². The maximum atomic E-state index is 15.8. The minimum atomic E-state index is -1.64. The Hall–Kier alpha value is -8.25. The third-order valence-corrected chi connectivity index (χ3v) is 26.9. The summed E-state index contributed by atoms with van der Waals surface area (Å²) in [5.41, 5.74) is 9.98. The summed E-state index contributed by atoms with van der Waals surface area (Å²) in [5, 5.41) is 0.837. The van der Waals surface area contributed by atoms with E-state index in [0.29, 0.717) is 95.7 Å². The highest BCUT2D eigenvalue weighted by Crippen LogP contribution is 2.46. The highest BCUT2D eigenvalue weighted by molar-refractivity contribution is 9.10. The molecule has 8 fully saturated rings. The molecule has 36 heteroatoms. The number of likely N-dealkylation sites (tertiary alicyclic amines) is 2. The number of pyridine rings is 1. The molecule has 2 saturated carbocycles. The van der Waals surface area contributed by atoms with Crippen molar-refractivity contribution in [2.24, 2.45) is 0 Å². The average Bonchev–Trinajstić information content (AvgIpc) is 1.13. The summed E-state index contributed by atoms with van der Waals surface area (Å²) >= 11 is 6.78. The first-order chi connectivity index (χ1) is 57.1. The van der Waals surface area contributed by atoms with Crippen LogP contribution in [0.15, 0.2) is 123 Å². The molecule has 16 heterocycles. The number of imidazole rings is 4. The molecule has 6 aliphatic heterocycles. The van der Waals surface area contributed by atoms with Crippen molar-refractivity contribution in [1.29, 1.82) is 0 Å². The molecule has 122 heavy (non-hydrogen) atoms. The number of nitrogens with one attached hydrogen (secondary N) is 2. The number of aromatic nitrogens is 15. The van der Waals surface area contributed by atoms with E-state index in [-0.39, 0.29) is 81.8 Å². The van der Waals surface area contributed by atoms with Gasteiger partial charge in [0.25, 0.3) is 11.1 Å². The van der Waals surface area contributed by atoms with E-state index in [1.807, 2.05) is 231 Å². The van der Waals surface area contributed by atoms with E-state index in [4.69, 9.17) is 43.0 Å². The summed E-state index contributed by atoms with van der Waals surface area (Å²) in [5.74, 6) is 2.26. The van der Waals surface area contributed by atoms with E-state index in [9.17, 15) is 9.59 Å². The Morgan fingerprint density at radius 2 is 0.787 bits per heavy atom. The van der Waals surface area contributed by atoms with Gasteiger partial charge in [-0.05, 0) is 235 Å². The van der Waals surface area contributed by atoms with Crippen molar-refractivity contribution in [2.45, 2.75) is 265 Å². The second kappa shape index (κ2) is 32.6. The lowest BCUT2D eigenvalue weighted by atomic mass is 9.49. The van der Waals surface area contributed by atoms with Gasteiger partial charge < -0.3 is 67.1 Å². The Morgan fingerprint density at radius 3 is 1.20 bits per heavy atom. The zero-order chi connectivity index (χ0) is 87.7. The van der Waals surface area contributed by atoms with Gasteiger partial charge in [-0.25, -0.2) is 53.6 Å². The molecule has 0 bridgehead atoms. The van der Waals surface area contributed by atoms with Crippen LogP contribution in [0, 0.1) is 34.6 Å². The van der Waals surface area contributed by atoms with E-state index in [1.54, 1.807) is 36.8 Å². The van der Waals surface area contributed by atoms with Crippen LogP contribution in [0.2, 0.25) is 0 Å². The predicted octanol–water partition coefficient (Wildman–Crippen LogP) is 13.7. The molecule has 2 aromatic carbocycles. The number of fused-ring (bicyclic) bond motifs is 6. The molecule has 0 radical (unpaired) electrons. The number of alkyl halides is 2. The summed E-state index contributed by atoms with van der Waals surface area (Å²) in [6.45, 7) is 45.1. The molecule has 0 unspecified atom stereocenters. The maximum Gasteiger partial charge on any atom is 0.497 e. The van der Waals surface area contributed by atoms with Gasteiger partial charge in [0.2, 0.25) is 17.3 Å². The van der Waals surface area contributed by atoms with E-state index < -0.39 is 25.4 Å². The zero-order valence-corrected chi connectivity index (χ0v) is 76.8. The predicted molar refractivity (Wildman–Crippen MR) is 478 cm³/mol. The number of aryl methyl sites for hydroxylation is 5. The first kappa shape index (κ1) is 88.6. The third-order valence-electron chi connectivity index (χ3n) is 26.0. The van der Waals surface area contributed by atoms with Crippen LogP contribution in [0.4, 0.5) is 14.5 Å². The standard InChI is InChI=1S/C23H24FN7O.C17H19BrFN3O.2C13H18BN3O2.C12H24B2O4.C8H7BrN2/c1-13-11-31-12-15(10-26-22(31)27-13)14-8-17-19(18(25)9-14)28-21(29-20(17)32)23(24)4-6-30(7-5-23)16-2-3-16;1-10-8-11(18)9-13-14(10)20-16(21-15(13)23)17(19)4-6-22(7-5-17)12-2-3-12;2*1-9-7-17-8-10(6-15-11(17)16-9)14-18-12(2,3)13(4,5)19-14;1-9(2)10(3,4)16-13(15-9)14-17-11(5,6)12(7,8)18-14;1-6-4-11-5-7(9)2-3-8(11)10-6/h8-12,16H,2-7,25H2,1H3,(H,28,29,32);8-9,12H,2-7H2,1H3,(H,20,21,23);2*6-8H,1-5H3;1-8H3;2-5H,1H3. The number of hydrogen-bond donors (Lipinski definition) is 3. The van der Waals surface area contributed by atoms with Crippen LogP contribution in [0.5, 0.6) is 0 Å². The number of benzene rings is 2. The Kier molecular flexibility index (Phi) is 23.7. The van der Waals surface area contributed by atoms with E-state index in [2.05, 4.69) is 96.5 Å². The van der Waals surface area contributed by atoms with Crippen molar-refractivity contribution >= 4 is 122 Å². The number of halogens is 4. The summed E-state index contributed by atoms with van der Waals surface area (Å²) in [6, 6.07) is 12.4. The number of piperidine rings is 2. The Labute approximate surface area is 727 Å². The first-order valence-corrected chi connectivity index (χ1v) is 43.5. The highest BCUT2D eigenvalue weighted by atomic mass is 79.9. The molecule has 644 valence electrons. The van der Waals surface area contributed by atoms with Gasteiger partial charge in [0.05, 0.1) is 89.6 Å². The van der Waals surface area contributed by atoms with Crippen molar-refractivity contribution in [1.82, 2.24) is 82.2 Å². The minimum absolute atomic E-state index is 0.0851. The number of nitrogens with two attached hydrogens (primary N) is 1. The summed E-state index contributed by atoms with van der Waals surface area (Å²) in [7, 11) is -1.72. The van der Waals surface area contributed by atoms with E-state index in [1.165, 1.54) is 25.7 Å². The molecule has 6 saturated heterocycles. The second-order valence-electron chi connectivity index (χ2n) is 37.7. The van der Waals surface area contributed by atoms with E-state index in [0.717, 1.165) is 78.1 Å². The molecule has 0 amide bonds. The number of nitrogen functional groups attached to an aromatic ring is 1. The highest BCUT2D eigenvalue weighted by Gasteiger charge is 2.64. The molecular weight excluding hydrogens is 1690 g/mol. The van der Waals surface area contributed by atoms with Crippen LogP contribution in [0.1, 0.15) is 202 Å². The molecule has 20 rings (SSSR count). The lowest BCUT2D eigenvalue weighted by Crippen LogP contribution is -2.42. The topological polar surface area (TPSA) is 306 Å². The van der Waals surface area contributed by atoms with Crippen LogP contribution in [0.25, 0.3) is 55.9 Å². The fourth-order valence-corrected chi connectivity index (χ4v) is 16.5. The maximum absolute atomic E-state index is 15.8. The van der Waals surface area contributed by atoms with Crippen LogP contribution in [0.3, 0.4) is 0 Å². The quantitative estimate of drug-likeness (QED) is 0.0940. The van der Waals surface area contributed by atoms with Gasteiger partial charge in [0, 0.05) is 158 Å². The number of nitrogens with zero attached hydrogens (tertiary/aromatic N) is 15. The molecule has 0 spiro atoms. The lowest BCUT2D eigenvalue weighted by molar-refractivity contribution is 0.00578. The molecule has 2 aliphatic carbocycles. The number of anilines is 1. The van der Waals surface area contributed by atoms with Gasteiger partial charge in [-0.3, -0.25) is 22.8 Å². The number of aromatic amines is 2. The normalized spacial score (nSPS) is 21.4. The Morgan fingerprint density at radius 1 is 0.418 bits per heavy atom. The lowest BCUT2D eigenvalue weighted by Gasteiger charge is -2.35. The minimum Gasteiger partial charge on any atom is -0.405 e. The van der Waals surface area contributed by atoms with Crippen molar-refractivity contribution in [3.8, 4) is 11.1 Å². The van der Waals surface area contributed by atoms with Crippen LogP contribution in [-0.4, -0.2) is 194 Å². The molecule has 4 N–H and O–H groups in total. The van der Waals surface area contributed by atoms with Crippen LogP contribution >= 0.6 is 31.9 Å². The summed E-state index contributed by atoms with van der Waals surface area (Å²) < 4.78 is 88.6. The number of H-pyrrole nitrogens is 2. The SMILES string of the molecule is CC1(C)OB(B2OC(C)(C)C(C)(C)O2)OC1(C)C.Cc1cc(Br)cc2c(=O)[nH]c(C3(F)CCN(C4CC4)CC3)nc12.Cc1cn2cc(-c3cc(N)c4nc(C5(F)CCN(C6CC6)CC5)[nH]c(=O)c4c3)cnc2n1.Cc1cn2cc(B3OC(C)(C)C(C)(C)O3)cnc2n1.Cc1cn2cc(B3OC(C)(C)C(C)(C)O3)cnc2n1.Cc1cn2cc(Br)ccc2n1. The average molecular weight is 1800 g/mol. The van der Waals surface area contributed by atoms with Crippen molar-refractivity contribution < 1.29 is 46.0 Å². The largest absolute Gasteiger partial charge is 0.497 e. The third kappa shape index (κ3) is 18.3. The molecule has 12 aromatic rings.